The molecule has 0 atom stereocenters. The summed E-state index contributed by atoms with van der Waals surface area (Å²) in [5.74, 6) is 2.03. The summed E-state index contributed by atoms with van der Waals surface area (Å²) >= 11 is 0. The summed E-state index contributed by atoms with van der Waals surface area (Å²) in [6.45, 7) is 9.95. The van der Waals surface area contributed by atoms with Crippen LogP contribution in [0, 0.1) is 0 Å². The molecule has 0 aromatic carbocycles. The third-order valence-electron chi connectivity index (χ3n) is 2.10. The Morgan fingerprint density at radius 2 is 2.06 bits per heavy atom. The molecule has 1 aromatic rings. The Morgan fingerprint density at radius 3 is 2.67 bits per heavy atom. The number of aromatic nitrogens is 2. The van der Waals surface area contributed by atoms with Gasteiger partial charge in [0.15, 0.2) is 5.82 Å². The Balaban J connectivity index is 2.81. The van der Waals surface area contributed by atoms with Crippen LogP contribution in [0.1, 0.15) is 39.9 Å². The second-order valence-electron chi connectivity index (χ2n) is 4.24. The molecule has 0 unspecified atom stereocenters. The molecule has 18 heavy (non-hydrogen) atoms. The fourth-order valence-electron chi connectivity index (χ4n) is 1.38. The first-order valence-corrected chi connectivity index (χ1v) is 6.51. The van der Waals surface area contributed by atoms with E-state index < -0.39 is 0 Å². The molecular weight excluding hydrogens is 230 g/mol. The largest absolute Gasteiger partial charge is 0.475 e. The van der Waals surface area contributed by atoms with Gasteiger partial charge in [-0.2, -0.15) is 4.98 Å². The molecule has 102 valence electrons. The maximum atomic E-state index is 5.61. The minimum absolute atomic E-state index is 0.0962. The number of ether oxygens (including phenoxy) is 2. The number of nitrogens with one attached hydrogen (secondary N) is 1. The Labute approximate surface area is 109 Å². The quantitative estimate of drug-likeness (QED) is 0.771. The van der Waals surface area contributed by atoms with E-state index in [1.165, 1.54) is 0 Å². The van der Waals surface area contributed by atoms with E-state index in [1.807, 2.05) is 26.8 Å². The number of hydrogen-bond donors (Lipinski definition) is 1. The van der Waals surface area contributed by atoms with Crippen LogP contribution in [-0.2, 0) is 11.3 Å². The van der Waals surface area contributed by atoms with Gasteiger partial charge in [0.25, 0.3) is 0 Å². The average Bonchev–Trinajstić information content (AvgIpc) is 2.33. The summed E-state index contributed by atoms with van der Waals surface area (Å²) < 4.78 is 10.9. The highest BCUT2D eigenvalue weighted by atomic mass is 16.5. The number of nitrogens with zero attached hydrogens (tertiary/aromatic N) is 2. The van der Waals surface area contributed by atoms with Gasteiger partial charge in [0.2, 0.25) is 5.88 Å². The molecule has 0 saturated carbocycles. The van der Waals surface area contributed by atoms with Gasteiger partial charge in [0.1, 0.15) is 12.4 Å². The highest BCUT2D eigenvalue weighted by Gasteiger charge is 2.07. The van der Waals surface area contributed by atoms with E-state index in [0.29, 0.717) is 24.9 Å². The monoisotopic (exact) mass is 253 g/mol. The van der Waals surface area contributed by atoms with Crippen molar-refractivity contribution in [3.63, 3.8) is 0 Å². The summed E-state index contributed by atoms with van der Waals surface area (Å²) in [6, 6.07) is 1.82. The molecule has 0 aliphatic carbocycles. The number of rotatable bonds is 8. The molecule has 1 aromatic heterocycles. The van der Waals surface area contributed by atoms with Crippen molar-refractivity contribution >= 4 is 5.82 Å². The van der Waals surface area contributed by atoms with Gasteiger partial charge in [-0.05, 0) is 27.2 Å². The first-order chi connectivity index (χ1) is 8.65. The van der Waals surface area contributed by atoms with E-state index in [9.17, 15) is 0 Å². The van der Waals surface area contributed by atoms with Gasteiger partial charge >= 0.3 is 0 Å². The Kier molecular flexibility index (Phi) is 6.43. The van der Waals surface area contributed by atoms with Crippen molar-refractivity contribution in [2.45, 2.75) is 46.8 Å². The molecule has 5 heteroatoms. The molecule has 0 saturated heterocycles. The van der Waals surface area contributed by atoms with E-state index in [2.05, 4.69) is 22.2 Å². The van der Waals surface area contributed by atoms with E-state index in [0.717, 1.165) is 18.8 Å². The van der Waals surface area contributed by atoms with Crippen LogP contribution in [0.5, 0.6) is 5.88 Å². The van der Waals surface area contributed by atoms with Crippen LogP contribution in [0.25, 0.3) is 0 Å². The molecule has 1 rings (SSSR count). The predicted octanol–water partition coefficient (Wildman–Crippen LogP) is 2.62. The van der Waals surface area contributed by atoms with Crippen molar-refractivity contribution in [3.05, 3.63) is 11.9 Å². The lowest BCUT2D eigenvalue weighted by Crippen LogP contribution is -2.11. The standard InChI is InChI=1S/C13H23N3O2/c1-5-7-14-11-8-13(18-10(3)4)16-12(15-11)9-17-6-2/h8,10H,5-7,9H2,1-4H3,(H,14,15,16). The van der Waals surface area contributed by atoms with E-state index in [-0.39, 0.29) is 6.10 Å². The molecule has 1 heterocycles. The molecule has 0 radical (unpaired) electrons. The van der Waals surface area contributed by atoms with Crippen LogP contribution >= 0.6 is 0 Å². The first kappa shape index (κ1) is 14.7. The van der Waals surface area contributed by atoms with Gasteiger partial charge < -0.3 is 14.8 Å². The summed E-state index contributed by atoms with van der Waals surface area (Å²) in [5, 5.41) is 3.24. The zero-order valence-corrected chi connectivity index (χ0v) is 11.7. The average molecular weight is 253 g/mol. The molecule has 1 N–H and O–H groups in total. The predicted molar refractivity (Wildman–Crippen MR) is 71.9 cm³/mol. The van der Waals surface area contributed by atoms with E-state index >= 15 is 0 Å². The first-order valence-electron chi connectivity index (χ1n) is 6.51. The van der Waals surface area contributed by atoms with Crippen LogP contribution in [-0.4, -0.2) is 29.2 Å². The van der Waals surface area contributed by atoms with E-state index in [4.69, 9.17) is 9.47 Å². The van der Waals surface area contributed by atoms with Crippen molar-refractivity contribution < 1.29 is 9.47 Å². The Hall–Kier alpha value is -1.36. The third kappa shape index (κ3) is 5.31. The van der Waals surface area contributed by atoms with Crippen molar-refractivity contribution in [2.24, 2.45) is 0 Å². The highest BCUT2D eigenvalue weighted by Crippen LogP contribution is 2.15. The second-order valence-corrected chi connectivity index (χ2v) is 4.24. The lowest BCUT2D eigenvalue weighted by Gasteiger charge is -2.12. The molecule has 0 aliphatic rings. The zero-order chi connectivity index (χ0) is 13.4. The SMILES string of the molecule is CCCNc1cc(OC(C)C)nc(COCC)n1. The van der Waals surface area contributed by atoms with Crippen LogP contribution in [0.3, 0.4) is 0 Å². The van der Waals surface area contributed by atoms with Gasteiger partial charge in [0.05, 0.1) is 6.10 Å². The summed E-state index contributed by atoms with van der Waals surface area (Å²) in [7, 11) is 0. The number of anilines is 1. The number of hydrogen-bond acceptors (Lipinski definition) is 5. The van der Waals surface area contributed by atoms with Gasteiger partial charge in [-0.3, -0.25) is 0 Å². The van der Waals surface area contributed by atoms with Crippen molar-refractivity contribution in [3.8, 4) is 5.88 Å². The maximum absolute atomic E-state index is 5.61. The van der Waals surface area contributed by atoms with E-state index in [1.54, 1.807) is 0 Å². The van der Waals surface area contributed by atoms with Crippen molar-refractivity contribution in [2.75, 3.05) is 18.5 Å². The minimum atomic E-state index is 0.0962. The summed E-state index contributed by atoms with van der Waals surface area (Å²) in [6.07, 6.45) is 1.14. The van der Waals surface area contributed by atoms with Crippen LogP contribution in [0.15, 0.2) is 6.07 Å². The normalized spacial score (nSPS) is 10.7. The molecule has 0 bridgehead atoms. The van der Waals surface area contributed by atoms with Crippen LogP contribution < -0.4 is 10.1 Å². The van der Waals surface area contributed by atoms with Crippen LogP contribution in [0.4, 0.5) is 5.82 Å². The molecule has 0 spiro atoms. The zero-order valence-electron chi connectivity index (χ0n) is 11.7. The molecule has 0 aliphatic heterocycles. The van der Waals surface area contributed by atoms with Crippen molar-refractivity contribution in [1.82, 2.24) is 9.97 Å². The van der Waals surface area contributed by atoms with Gasteiger partial charge in [0, 0.05) is 19.2 Å². The van der Waals surface area contributed by atoms with Crippen LogP contribution in [0.2, 0.25) is 0 Å². The smallest absolute Gasteiger partial charge is 0.219 e. The van der Waals surface area contributed by atoms with Crippen molar-refractivity contribution in [1.29, 1.82) is 0 Å². The maximum Gasteiger partial charge on any atom is 0.219 e. The fraction of sp³-hybridized carbons (Fsp3) is 0.692. The fourth-order valence-corrected chi connectivity index (χ4v) is 1.38. The molecule has 0 fully saturated rings. The summed E-state index contributed by atoms with van der Waals surface area (Å²) in [5.41, 5.74) is 0. The van der Waals surface area contributed by atoms with Gasteiger partial charge in [-0.25, -0.2) is 4.98 Å². The Bertz CT molecular complexity index is 330. The molecular formula is C13H23N3O2. The molecule has 5 nitrogen and oxygen atoms in total. The third-order valence-corrected chi connectivity index (χ3v) is 2.10. The van der Waals surface area contributed by atoms with Gasteiger partial charge in [-0.15, -0.1) is 0 Å². The highest BCUT2D eigenvalue weighted by molar-refractivity contribution is 5.38. The lowest BCUT2D eigenvalue weighted by atomic mass is 10.4. The Morgan fingerprint density at radius 1 is 1.28 bits per heavy atom. The lowest BCUT2D eigenvalue weighted by molar-refractivity contribution is 0.127. The summed E-state index contributed by atoms with van der Waals surface area (Å²) in [4.78, 5) is 8.71. The van der Waals surface area contributed by atoms with Gasteiger partial charge in [-0.1, -0.05) is 6.92 Å². The topological polar surface area (TPSA) is 56.3 Å². The second kappa shape index (κ2) is 7.87. The molecule has 0 amide bonds. The minimum Gasteiger partial charge on any atom is -0.475 e.